The highest BCUT2D eigenvalue weighted by atomic mass is 16.5. The van der Waals surface area contributed by atoms with E-state index in [4.69, 9.17) is 16.0 Å². The second-order valence-electron chi connectivity index (χ2n) is 3.10. The maximum absolute atomic E-state index is 11.0. The third-order valence-corrected chi connectivity index (χ3v) is 2.10. The minimum Gasteiger partial charge on any atom is -0.496 e. The number of benzene rings is 1. The first-order valence-electron chi connectivity index (χ1n) is 4.66. The van der Waals surface area contributed by atoms with E-state index in [-0.39, 0.29) is 0 Å². The van der Waals surface area contributed by atoms with E-state index in [2.05, 4.69) is 10.0 Å². The van der Waals surface area contributed by atoms with Crippen LogP contribution in [0.15, 0.2) is 23.3 Å². The number of ether oxygens (including phenoxy) is 1. The lowest BCUT2D eigenvalue weighted by Gasteiger charge is -2.07. The van der Waals surface area contributed by atoms with Gasteiger partial charge >= 0.3 is 0 Å². The molecule has 84 valence electrons. The van der Waals surface area contributed by atoms with Gasteiger partial charge in [0, 0.05) is 11.5 Å². The lowest BCUT2D eigenvalue weighted by Crippen LogP contribution is -2.12. The Kier molecular flexibility index (Phi) is 4.17. The van der Waals surface area contributed by atoms with Gasteiger partial charge in [0.05, 0.1) is 12.7 Å². The summed E-state index contributed by atoms with van der Waals surface area (Å²) >= 11 is 0. The zero-order valence-corrected chi connectivity index (χ0v) is 8.88. The Bertz CT molecular complexity index is 438. The van der Waals surface area contributed by atoms with Gasteiger partial charge in [-0.3, -0.25) is 4.79 Å². The topological polar surface area (TPSA) is 101 Å². The lowest BCUT2D eigenvalue weighted by molar-refractivity contribution is 0.0997. The molecule has 0 aliphatic heterocycles. The maximum Gasteiger partial charge on any atom is 0.252 e. The number of rotatable bonds is 5. The van der Waals surface area contributed by atoms with Crippen molar-refractivity contribution in [2.45, 2.75) is 6.42 Å². The van der Waals surface area contributed by atoms with Crippen molar-refractivity contribution in [2.75, 3.05) is 13.7 Å². The smallest absolute Gasteiger partial charge is 0.252 e. The molecule has 0 saturated heterocycles. The van der Waals surface area contributed by atoms with Gasteiger partial charge in [-0.2, -0.15) is 0 Å². The molecule has 1 amide bonds. The standard InChI is InChI=1S/C10H12N4O2/c1-16-9-6-7(4-5-13-14-12)2-3-8(9)10(11)15/h2-3,6H,4-5H2,1H3,(H2,11,15). The van der Waals surface area contributed by atoms with Gasteiger partial charge in [-0.25, -0.2) is 0 Å². The number of nitrogens with zero attached hydrogens (tertiary/aromatic N) is 3. The van der Waals surface area contributed by atoms with Gasteiger partial charge in [0.2, 0.25) is 0 Å². The highest BCUT2D eigenvalue weighted by molar-refractivity contribution is 5.95. The fourth-order valence-electron chi connectivity index (χ4n) is 1.32. The summed E-state index contributed by atoms with van der Waals surface area (Å²) in [5.74, 6) is -0.0932. The van der Waals surface area contributed by atoms with Crippen molar-refractivity contribution < 1.29 is 9.53 Å². The number of hydrogen-bond acceptors (Lipinski definition) is 3. The summed E-state index contributed by atoms with van der Waals surface area (Å²) in [6.45, 7) is 0.371. The van der Waals surface area contributed by atoms with Crippen LogP contribution in [-0.2, 0) is 6.42 Å². The van der Waals surface area contributed by atoms with Crippen molar-refractivity contribution in [3.63, 3.8) is 0 Å². The van der Waals surface area contributed by atoms with Crippen molar-refractivity contribution in [2.24, 2.45) is 10.8 Å². The summed E-state index contributed by atoms with van der Waals surface area (Å²) in [4.78, 5) is 13.7. The molecule has 0 aromatic heterocycles. The number of carbonyl (C=O) groups is 1. The molecule has 1 aromatic rings. The van der Waals surface area contributed by atoms with Gasteiger partial charge in [0.15, 0.2) is 0 Å². The van der Waals surface area contributed by atoms with E-state index in [1.807, 2.05) is 0 Å². The minimum absolute atomic E-state index is 0.343. The van der Waals surface area contributed by atoms with Crippen LogP contribution in [0.5, 0.6) is 5.75 Å². The molecule has 0 bridgehead atoms. The number of methoxy groups -OCH3 is 1. The molecule has 0 saturated carbocycles. The first-order valence-corrected chi connectivity index (χ1v) is 4.66. The molecule has 2 N–H and O–H groups in total. The predicted octanol–water partition coefficient (Wildman–Crippen LogP) is 1.65. The lowest BCUT2D eigenvalue weighted by atomic mass is 10.1. The minimum atomic E-state index is -0.529. The van der Waals surface area contributed by atoms with E-state index in [1.165, 1.54) is 7.11 Å². The van der Waals surface area contributed by atoms with Crippen LogP contribution < -0.4 is 10.5 Å². The Labute approximate surface area is 92.6 Å². The van der Waals surface area contributed by atoms with E-state index < -0.39 is 5.91 Å². The molecule has 16 heavy (non-hydrogen) atoms. The Morgan fingerprint density at radius 1 is 1.62 bits per heavy atom. The van der Waals surface area contributed by atoms with Gasteiger partial charge in [0.25, 0.3) is 5.91 Å². The van der Waals surface area contributed by atoms with Crippen LogP contribution in [-0.4, -0.2) is 19.6 Å². The molecular formula is C10H12N4O2. The zero-order valence-electron chi connectivity index (χ0n) is 8.88. The normalized spacial score (nSPS) is 9.31. The van der Waals surface area contributed by atoms with Gasteiger partial charge in [-0.05, 0) is 29.6 Å². The maximum atomic E-state index is 11.0. The number of primary amides is 1. The van der Waals surface area contributed by atoms with Gasteiger partial charge < -0.3 is 10.5 Å². The average Bonchev–Trinajstić information content (AvgIpc) is 2.29. The molecule has 0 atom stereocenters. The molecule has 0 spiro atoms. The monoisotopic (exact) mass is 220 g/mol. The molecule has 6 nitrogen and oxygen atoms in total. The van der Waals surface area contributed by atoms with E-state index in [0.29, 0.717) is 24.3 Å². The van der Waals surface area contributed by atoms with E-state index in [0.717, 1.165) is 5.56 Å². The number of hydrogen-bond donors (Lipinski definition) is 1. The van der Waals surface area contributed by atoms with Crippen molar-refractivity contribution in [1.82, 2.24) is 0 Å². The number of amides is 1. The third kappa shape index (κ3) is 2.90. The number of nitrogens with two attached hydrogens (primary N) is 1. The second kappa shape index (κ2) is 5.63. The van der Waals surface area contributed by atoms with Crippen LogP contribution in [0, 0.1) is 0 Å². The largest absolute Gasteiger partial charge is 0.496 e. The summed E-state index contributed by atoms with van der Waals surface area (Å²) in [7, 11) is 1.47. The molecule has 0 unspecified atom stereocenters. The summed E-state index contributed by atoms with van der Waals surface area (Å²) in [5, 5.41) is 3.43. The molecule has 0 fully saturated rings. The Hall–Kier alpha value is -2.20. The van der Waals surface area contributed by atoms with Crippen LogP contribution in [0.1, 0.15) is 15.9 Å². The summed E-state index contributed by atoms with van der Waals surface area (Å²) < 4.78 is 5.05. The van der Waals surface area contributed by atoms with E-state index in [9.17, 15) is 4.79 Å². The average molecular weight is 220 g/mol. The molecule has 6 heteroatoms. The Balaban J connectivity index is 2.90. The molecule has 1 rings (SSSR count). The molecule has 0 aliphatic carbocycles. The van der Waals surface area contributed by atoms with Crippen LogP contribution in [0.25, 0.3) is 10.4 Å². The molecule has 0 heterocycles. The number of carbonyl (C=O) groups excluding carboxylic acids is 1. The van der Waals surface area contributed by atoms with Crippen molar-refractivity contribution >= 4 is 5.91 Å². The fraction of sp³-hybridized carbons (Fsp3) is 0.300. The van der Waals surface area contributed by atoms with E-state index >= 15 is 0 Å². The quantitative estimate of drug-likeness (QED) is 0.463. The summed E-state index contributed by atoms with van der Waals surface area (Å²) in [5.41, 5.74) is 14.6. The summed E-state index contributed by atoms with van der Waals surface area (Å²) in [6, 6.07) is 5.08. The predicted molar refractivity (Wildman–Crippen MR) is 59.2 cm³/mol. The van der Waals surface area contributed by atoms with Gasteiger partial charge in [0.1, 0.15) is 5.75 Å². The number of azide groups is 1. The first-order chi connectivity index (χ1) is 7.69. The molecular weight excluding hydrogens is 208 g/mol. The highest BCUT2D eigenvalue weighted by Crippen LogP contribution is 2.20. The molecule has 0 radical (unpaired) electrons. The van der Waals surface area contributed by atoms with Crippen LogP contribution in [0.3, 0.4) is 0 Å². The van der Waals surface area contributed by atoms with Crippen molar-refractivity contribution in [3.05, 3.63) is 39.8 Å². The second-order valence-corrected chi connectivity index (χ2v) is 3.10. The van der Waals surface area contributed by atoms with Crippen molar-refractivity contribution in [1.29, 1.82) is 0 Å². The Morgan fingerprint density at radius 3 is 2.94 bits per heavy atom. The highest BCUT2D eigenvalue weighted by Gasteiger charge is 2.08. The third-order valence-electron chi connectivity index (χ3n) is 2.10. The Morgan fingerprint density at radius 2 is 2.38 bits per heavy atom. The van der Waals surface area contributed by atoms with E-state index in [1.54, 1.807) is 18.2 Å². The zero-order chi connectivity index (χ0) is 12.0. The summed E-state index contributed by atoms with van der Waals surface area (Å²) in [6.07, 6.45) is 0.597. The molecule has 1 aromatic carbocycles. The van der Waals surface area contributed by atoms with Gasteiger partial charge in [-0.1, -0.05) is 11.2 Å². The van der Waals surface area contributed by atoms with Crippen LogP contribution in [0.2, 0.25) is 0 Å². The SMILES string of the molecule is COc1cc(CCN=[N+]=[N-])ccc1C(N)=O. The fourth-order valence-corrected chi connectivity index (χ4v) is 1.32. The van der Waals surface area contributed by atoms with Gasteiger partial charge in [-0.15, -0.1) is 0 Å². The van der Waals surface area contributed by atoms with Crippen molar-refractivity contribution in [3.8, 4) is 5.75 Å². The molecule has 0 aliphatic rings. The van der Waals surface area contributed by atoms with Crippen LogP contribution >= 0.6 is 0 Å². The van der Waals surface area contributed by atoms with Crippen LogP contribution in [0.4, 0.5) is 0 Å². The first kappa shape index (κ1) is 11.9.